The van der Waals surface area contributed by atoms with Crippen molar-refractivity contribution in [3.05, 3.63) is 425 Å². The summed E-state index contributed by atoms with van der Waals surface area (Å²) in [6.07, 6.45) is 0. The molecule has 0 fully saturated rings. The van der Waals surface area contributed by atoms with Gasteiger partial charge in [-0.25, -0.2) is 0 Å². The van der Waals surface area contributed by atoms with Crippen molar-refractivity contribution in [1.82, 2.24) is 0 Å². The van der Waals surface area contributed by atoms with E-state index in [1.165, 1.54) is 115 Å². The molecule has 5 nitrogen and oxygen atoms in total. The van der Waals surface area contributed by atoms with Crippen molar-refractivity contribution in [2.24, 2.45) is 0 Å². The largest absolute Gasteiger partial charge is 0.456 e. The van der Waals surface area contributed by atoms with Crippen LogP contribution in [0.15, 0.2) is 429 Å². The van der Waals surface area contributed by atoms with E-state index in [9.17, 15) is 0 Å². The Hall–Kier alpha value is -14.4. The van der Waals surface area contributed by atoms with Crippen LogP contribution in [0.4, 0.5) is 68.2 Å². The summed E-state index contributed by atoms with van der Waals surface area (Å²) >= 11 is 5.63. The van der Waals surface area contributed by atoms with Crippen molar-refractivity contribution in [3.8, 4) is 22.3 Å². The first-order valence-electron chi connectivity index (χ1n) is 39.3. The van der Waals surface area contributed by atoms with Crippen molar-refractivity contribution in [1.29, 1.82) is 0 Å². The minimum Gasteiger partial charge on any atom is -0.456 e. The first-order chi connectivity index (χ1) is 57.5. The van der Waals surface area contributed by atoms with E-state index in [1.54, 1.807) is 0 Å². The van der Waals surface area contributed by atoms with Crippen molar-refractivity contribution < 1.29 is 4.42 Å². The number of anilines is 12. The van der Waals surface area contributed by atoms with E-state index in [-0.39, 0.29) is 0 Å². The molecule has 546 valence electrons. The molecule has 0 bridgehead atoms. The highest BCUT2D eigenvalue weighted by Crippen LogP contribution is 2.52. The second-order valence-electron chi connectivity index (χ2n) is 29.4. The van der Waals surface area contributed by atoms with E-state index in [2.05, 4.69) is 432 Å². The Morgan fingerprint density at radius 3 is 1.16 bits per heavy atom. The normalized spacial score (nSPS) is 11.6. The number of hydrogen-bond donors (Lipinski definition) is 0. The minimum atomic E-state index is 0.885. The van der Waals surface area contributed by atoms with Gasteiger partial charge in [0.25, 0.3) is 0 Å². The number of furan rings is 1. The van der Waals surface area contributed by atoms with Gasteiger partial charge in [0.2, 0.25) is 0 Å². The summed E-state index contributed by atoms with van der Waals surface area (Å²) in [5, 5.41) is 17.5. The van der Waals surface area contributed by atoms with Crippen molar-refractivity contribution in [2.75, 3.05) is 19.6 Å². The van der Waals surface area contributed by atoms with Gasteiger partial charge < -0.3 is 24.0 Å². The third-order valence-corrected chi connectivity index (χ3v) is 26.2. The summed E-state index contributed by atoms with van der Waals surface area (Å²) in [6, 6.07) is 154. The smallest absolute Gasteiger partial charge is 0.135 e. The van der Waals surface area contributed by atoms with Gasteiger partial charge in [-0.15, -0.1) is 34.0 Å². The molecule has 0 aliphatic rings. The Morgan fingerprint density at radius 1 is 0.181 bits per heavy atom. The maximum Gasteiger partial charge on any atom is 0.135 e. The highest BCUT2D eigenvalue weighted by atomic mass is 32.1. The summed E-state index contributed by atoms with van der Waals surface area (Å²) < 4.78 is 14.0. The van der Waals surface area contributed by atoms with E-state index in [4.69, 9.17) is 4.42 Å². The summed E-state index contributed by atoms with van der Waals surface area (Å²) in [7, 11) is 0. The van der Waals surface area contributed by atoms with Gasteiger partial charge in [0, 0.05) is 145 Å². The van der Waals surface area contributed by atoms with Crippen molar-refractivity contribution in [2.45, 2.75) is 0 Å². The van der Waals surface area contributed by atoms with E-state index in [1.807, 2.05) is 46.1 Å². The van der Waals surface area contributed by atoms with Crippen LogP contribution in [-0.4, -0.2) is 0 Å². The lowest BCUT2D eigenvalue weighted by Gasteiger charge is -2.28. The van der Waals surface area contributed by atoms with Gasteiger partial charge in [-0.05, 0) is 196 Å². The fourth-order valence-corrected chi connectivity index (χ4v) is 21.0. The third kappa shape index (κ3) is 12.0. The Balaban J connectivity index is 0.000000141. The standard InChI is InChI=1S/C56H36N2S2.C52H34N2OS/c1-4-16-37(17-5-1)43-22-12-14-26-51(43)58(41-30-33-53-50(35-41)45-24-13-15-27-52(45)59-53)40-28-31-47-49(34-40)44-23-10-11-25-46(44)55-48-32-29-42(36-54(48)60-56(47)55)57(38-18-6-2-7-19-38)39-20-8-3-9-21-39;1-4-14-35(15-5-1)42-20-10-12-22-48(42)54(40-27-31-50-47(33-40)44-21-11-13-23-49(44)55-50)39-25-29-43-36(32-39)24-28-46-45-30-26-41(34-51(45)56-52(43)46)53(37-16-6-2-7-17-37)38-18-8-3-9-19-38/h1-36H;1-34H. The van der Waals surface area contributed by atoms with E-state index in [0.717, 1.165) is 90.2 Å². The van der Waals surface area contributed by atoms with Gasteiger partial charge in [-0.2, -0.15) is 0 Å². The zero-order valence-electron chi connectivity index (χ0n) is 62.8. The predicted octanol–water partition coefficient (Wildman–Crippen LogP) is 33.0. The topological polar surface area (TPSA) is 26.1 Å². The first-order valence-corrected chi connectivity index (χ1v) is 41.7. The molecule has 116 heavy (non-hydrogen) atoms. The maximum atomic E-state index is 6.26. The maximum absolute atomic E-state index is 6.26. The van der Waals surface area contributed by atoms with Crippen LogP contribution >= 0.6 is 34.0 Å². The van der Waals surface area contributed by atoms with E-state index < -0.39 is 0 Å². The molecule has 0 aliphatic carbocycles. The molecule has 23 aromatic rings. The predicted molar refractivity (Wildman–Crippen MR) is 501 cm³/mol. The molecule has 0 unspecified atom stereocenters. The number of hydrogen-bond acceptors (Lipinski definition) is 8. The second kappa shape index (κ2) is 29.0. The molecule has 0 spiro atoms. The minimum absolute atomic E-state index is 0.885. The van der Waals surface area contributed by atoms with Crippen LogP contribution in [0.1, 0.15) is 0 Å². The molecule has 19 aromatic carbocycles. The molecule has 4 aromatic heterocycles. The zero-order valence-corrected chi connectivity index (χ0v) is 65.3. The van der Waals surface area contributed by atoms with Gasteiger partial charge >= 0.3 is 0 Å². The Labute approximate surface area is 682 Å². The molecule has 0 radical (unpaired) electrons. The quantitative estimate of drug-likeness (QED) is 0.101. The van der Waals surface area contributed by atoms with E-state index >= 15 is 0 Å². The number of para-hydroxylation sites is 7. The van der Waals surface area contributed by atoms with Crippen LogP contribution in [0.3, 0.4) is 0 Å². The van der Waals surface area contributed by atoms with Gasteiger partial charge in [-0.3, -0.25) is 0 Å². The molecule has 23 rings (SSSR count). The number of fused-ring (bicyclic) bond motifs is 19. The lowest BCUT2D eigenvalue weighted by Crippen LogP contribution is -2.11. The molecular weight excluding hydrogens is 1470 g/mol. The van der Waals surface area contributed by atoms with Crippen LogP contribution in [-0.2, 0) is 0 Å². The summed E-state index contributed by atoms with van der Waals surface area (Å²) in [6.45, 7) is 0. The van der Waals surface area contributed by atoms with Crippen molar-refractivity contribution >= 4 is 217 Å². The monoisotopic (exact) mass is 1530 g/mol. The zero-order chi connectivity index (χ0) is 76.6. The van der Waals surface area contributed by atoms with Gasteiger partial charge in [0.15, 0.2) is 0 Å². The SMILES string of the molecule is c1ccc(-c2ccccc2N(c2ccc3c(ccc4c5ccc(N(c6ccccc6)c6ccccc6)cc5sc34)c2)c2ccc3oc4ccccc4c3c2)cc1.c1ccc(-c2ccccc2N(c2ccc3sc4ccccc4c3c2)c2ccc3c(c2)c2ccccc2c2c4ccc(N(c5ccccc5)c5ccccc5)cc4sc32)cc1. The summed E-state index contributed by atoms with van der Waals surface area (Å²) in [5.41, 5.74) is 20.0. The van der Waals surface area contributed by atoms with Crippen LogP contribution in [0, 0.1) is 0 Å². The van der Waals surface area contributed by atoms with Crippen LogP contribution in [0.5, 0.6) is 0 Å². The van der Waals surface area contributed by atoms with Crippen LogP contribution in [0.25, 0.3) is 137 Å². The fraction of sp³-hybridized carbons (Fsp3) is 0. The highest BCUT2D eigenvalue weighted by molar-refractivity contribution is 7.27. The summed E-state index contributed by atoms with van der Waals surface area (Å²) in [4.78, 5) is 9.54. The first kappa shape index (κ1) is 68.4. The van der Waals surface area contributed by atoms with Gasteiger partial charge in [-0.1, -0.05) is 267 Å². The Bertz CT molecular complexity index is 7590. The lowest BCUT2D eigenvalue weighted by molar-refractivity contribution is 0.669. The van der Waals surface area contributed by atoms with Gasteiger partial charge in [0.1, 0.15) is 11.2 Å². The average Bonchev–Trinajstić information content (AvgIpc) is 1.43. The average molecular weight is 1540 g/mol. The third-order valence-electron chi connectivity index (χ3n) is 22.6. The molecular formula is C108H70N4OS3. The summed E-state index contributed by atoms with van der Waals surface area (Å²) in [5.74, 6) is 0. The molecule has 8 heteroatoms. The Kier molecular flexibility index (Phi) is 17.1. The van der Waals surface area contributed by atoms with Crippen LogP contribution < -0.4 is 19.6 Å². The lowest BCUT2D eigenvalue weighted by atomic mass is 9.96. The van der Waals surface area contributed by atoms with Gasteiger partial charge in [0.05, 0.1) is 11.4 Å². The van der Waals surface area contributed by atoms with Crippen molar-refractivity contribution in [3.63, 3.8) is 0 Å². The number of thiophene rings is 3. The molecule has 0 N–H and O–H groups in total. The number of nitrogens with zero attached hydrogens (tertiary/aromatic N) is 4. The molecule has 0 saturated heterocycles. The van der Waals surface area contributed by atoms with Crippen LogP contribution in [0.2, 0.25) is 0 Å². The molecule has 0 atom stereocenters. The van der Waals surface area contributed by atoms with E-state index in [0.29, 0.717) is 0 Å². The second-order valence-corrected chi connectivity index (χ2v) is 32.6. The fourth-order valence-electron chi connectivity index (χ4n) is 17.4. The Morgan fingerprint density at radius 2 is 0.560 bits per heavy atom. The number of rotatable bonds is 14. The number of benzene rings is 19. The molecule has 0 amide bonds. The molecule has 4 heterocycles. The molecule has 0 saturated carbocycles. The molecule has 0 aliphatic heterocycles. The highest BCUT2D eigenvalue weighted by Gasteiger charge is 2.25.